The third-order valence-electron chi connectivity index (χ3n) is 7.88. The average Bonchev–Trinajstić information content (AvgIpc) is 2.80. The minimum Gasteiger partial charge on any atom is -0.389 e. The quantitative estimate of drug-likeness (QED) is 0.718. The molecule has 2 N–H and O–H groups in total. The number of aliphatic hydroxyl groups is 2. The van der Waals surface area contributed by atoms with E-state index < -0.39 is 17.1 Å². The first kappa shape index (κ1) is 15.5. The molecule has 0 saturated heterocycles. The van der Waals surface area contributed by atoms with Gasteiger partial charge in [0.1, 0.15) is 5.78 Å². The Kier molecular flexibility index (Phi) is 3.07. The predicted molar refractivity (Wildman–Crippen MR) is 84.6 cm³/mol. The van der Waals surface area contributed by atoms with Gasteiger partial charge in [0.15, 0.2) is 5.78 Å². The van der Waals surface area contributed by atoms with Crippen LogP contribution in [-0.4, -0.2) is 33.5 Å². The van der Waals surface area contributed by atoms with Crippen LogP contribution in [0.5, 0.6) is 0 Å². The minimum absolute atomic E-state index is 0.0512. The van der Waals surface area contributed by atoms with E-state index in [0.29, 0.717) is 37.9 Å². The second-order valence-corrected chi connectivity index (χ2v) is 8.67. The van der Waals surface area contributed by atoms with E-state index in [1.54, 1.807) is 6.08 Å². The molecule has 4 aliphatic rings. The molecule has 126 valence electrons. The Morgan fingerprint density at radius 2 is 1.83 bits per heavy atom. The molecular weight excluding hydrogens is 292 g/mol. The van der Waals surface area contributed by atoms with E-state index >= 15 is 0 Å². The number of carbonyl (C=O) groups excluding carboxylic acids is 2. The fourth-order valence-electron chi connectivity index (χ4n) is 6.30. The van der Waals surface area contributed by atoms with Gasteiger partial charge in [0.25, 0.3) is 0 Å². The van der Waals surface area contributed by atoms with Gasteiger partial charge >= 0.3 is 0 Å². The Morgan fingerprint density at radius 1 is 1.09 bits per heavy atom. The first-order valence-corrected chi connectivity index (χ1v) is 8.91. The third kappa shape index (κ3) is 1.74. The van der Waals surface area contributed by atoms with Gasteiger partial charge in [0, 0.05) is 23.7 Å². The lowest BCUT2D eigenvalue weighted by Gasteiger charge is -2.62. The van der Waals surface area contributed by atoms with E-state index in [-0.39, 0.29) is 23.0 Å². The number of Topliss-reactive ketones (excluding diaryl/α,β-unsaturated/α-hetero) is 1. The molecule has 0 radical (unpaired) electrons. The van der Waals surface area contributed by atoms with Crippen molar-refractivity contribution < 1.29 is 19.8 Å². The summed E-state index contributed by atoms with van der Waals surface area (Å²) in [6, 6.07) is 0. The van der Waals surface area contributed by atoms with Crippen LogP contribution in [0.4, 0.5) is 0 Å². The molecule has 0 heterocycles. The summed E-state index contributed by atoms with van der Waals surface area (Å²) in [6.45, 7) is 4.07. The lowest BCUT2D eigenvalue weighted by molar-refractivity contribution is -0.200. The summed E-state index contributed by atoms with van der Waals surface area (Å²) in [5, 5.41) is 22.4. The van der Waals surface area contributed by atoms with Crippen LogP contribution in [0.15, 0.2) is 11.6 Å². The summed E-state index contributed by atoms with van der Waals surface area (Å²) in [7, 11) is 0. The Hall–Kier alpha value is -1.00. The zero-order valence-corrected chi connectivity index (χ0v) is 14.0. The summed E-state index contributed by atoms with van der Waals surface area (Å²) in [4.78, 5) is 24.2. The first-order chi connectivity index (χ1) is 10.7. The molecule has 0 amide bonds. The van der Waals surface area contributed by atoms with Crippen LogP contribution in [0, 0.1) is 22.7 Å². The Bertz CT molecular complexity index is 623. The molecule has 0 aromatic rings. The van der Waals surface area contributed by atoms with E-state index in [9.17, 15) is 19.8 Å². The summed E-state index contributed by atoms with van der Waals surface area (Å²) in [5.41, 5.74) is -1.07. The predicted octanol–water partition coefficient (Wildman–Crippen LogP) is 2.17. The fraction of sp³-hybridized carbons (Fsp3) is 0.789. The molecular formula is C19H26O4. The molecule has 0 spiro atoms. The van der Waals surface area contributed by atoms with Crippen molar-refractivity contribution in [2.75, 3.05) is 0 Å². The maximum atomic E-state index is 12.4. The number of ketones is 2. The van der Waals surface area contributed by atoms with Crippen molar-refractivity contribution in [3.8, 4) is 0 Å². The van der Waals surface area contributed by atoms with Gasteiger partial charge in [-0.3, -0.25) is 9.59 Å². The van der Waals surface area contributed by atoms with Gasteiger partial charge < -0.3 is 10.2 Å². The Balaban J connectivity index is 1.81. The van der Waals surface area contributed by atoms with Gasteiger partial charge in [-0.2, -0.15) is 0 Å². The zero-order chi connectivity index (χ0) is 16.6. The maximum Gasteiger partial charge on any atom is 0.155 e. The molecule has 3 fully saturated rings. The molecule has 4 rings (SSSR count). The number of fused-ring (bicyclic) bond motifs is 5. The van der Waals surface area contributed by atoms with E-state index in [1.165, 1.54) is 0 Å². The van der Waals surface area contributed by atoms with Crippen LogP contribution >= 0.6 is 0 Å². The molecule has 4 nitrogen and oxygen atoms in total. The molecule has 4 aliphatic carbocycles. The molecule has 6 atom stereocenters. The van der Waals surface area contributed by atoms with Crippen molar-refractivity contribution in [2.45, 2.75) is 70.5 Å². The molecule has 0 aliphatic heterocycles. The molecule has 4 heteroatoms. The summed E-state index contributed by atoms with van der Waals surface area (Å²) >= 11 is 0. The standard InChI is InChI=1S/C19H26O4/c1-17-7-8-19(23)13(12(17)3-4-16(17)22)10-15(21)14-9-11(20)5-6-18(14,19)2/h9,12-13,15,21,23H,3-8,10H2,1-2H3/t12-,13-,15-,17-,18-,19+/m0/s1. The van der Waals surface area contributed by atoms with Gasteiger partial charge in [0.2, 0.25) is 0 Å². The van der Waals surface area contributed by atoms with Crippen LogP contribution < -0.4 is 0 Å². The van der Waals surface area contributed by atoms with E-state index in [2.05, 4.69) is 6.92 Å². The van der Waals surface area contributed by atoms with Crippen LogP contribution in [0.3, 0.4) is 0 Å². The number of rotatable bonds is 0. The number of aliphatic hydroxyl groups excluding tert-OH is 1. The third-order valence-corrected chi connectivity index (χ3v) is 7.88. The monoisotopic (exact) mass is 318 g/mol. The molecule has 0 bridgehead atoms. The van der Waals surface area contributed by atoms with Crippen molar-refractivity contribution in [1.29, 1.82) is 0 Å². The van der Waals surface area contributed by atoms with Gasteiger partial charge in [-0.15, -0.1) is 0 Å². The second-order valence-electron chi connectivity index (χ2n) is 8.67. The van der Waals surface area contributed by atoms with Crippen molar-refractivity contribution in [3.05, 3.63) is 11.6 Å². The Morgan fingerprint density at radius 3 is 2.57 bits per heavy atom. The van der Waals surface area contributed by atoms with Gasteiger partial charge in [-0.05, 0) is 55.6 Å². The van der Waals surface area contributed by atoms with Crippen LogP contribution in [0.25, 0.3) is 0 Å². The highest BCUT2D eigenvalue weighted by atomic mass is 16.3. The topological polar surface area (TPSA) is 74.6 Å². The summed E-state index contributed by atoms with van der Waals surface area (Å²) in [6.07, 6.45) is 5.13. The highest BCUT2D eigenvalue weighted by molar-refractivity contribution is 5.92. The molecule has 23 heavy (non-hydrogen) atoms. The Labute approximate surface area is 137 Å². The van der Waals surface area contributed by atoms with Gasteiger partial charge in [-0.25, -0.2) is 0 Å². The van der Waals surface area contributed by atoms with E-state index in [1.807, 2.05) is 6.92 Å². The molecule has 0 aromatic carbocycles. The lowest BCUT2D eigenvalue weighted by atomic mass is 9.44. The van der Waals surface area contributed by atoms with Crippen molar-refractivity contribution in [2.24, 2.45) is 22.7 Å². The van der Waals surface area contributed by atoms with E-state index in [0.717, 1.165) is 18.4 Å². The number of carbonyl (C=O) groups is 2. The maximum absolute atomic E-state index is 12.4. The van der Waals surface area contributed by atoms with Gasteiger partial charge in [0.05, 0.1) is 11.7 Å². The number of hydrogen-bond donors (Lipinski definition) is 2. The molecule has 0 aromatic heterocycles. The van der Waals surface area contributed by atoms with E-state index in [4.69, 9.17) is 0 Å². The normalized spacial score (nSPS) is 52.5. The SMILES string of the molecule is C[C@]12CCC(=O)C=C1[C@@H](O)C[C@H]1[C@@H]3CCC(=O)[C@@]3(C)CC[C@@]12O. The lowest BCUT2D eigenvalue weighted by Crippen LogP contribution is -2.65. The van der Waals surface area contributed by atoms with Gasteiger partial charge in [-0.1, -0.05) is 13.8 Å². The zero-order valence-electron chi connectivity index (χ0n) is 14.0. The van der Waals surface area contributed by atoms with Crippen molar-refractivity contribution in [3.63, 3.8) is 0 Å². The fourth-order valence-corrected chi connectivity index (χ4v) is 6.30. The van der Waals surface area contributed by atoms with Crippen molar-refractivity contribution in [1.82, 2.24) is 0 Å². The van der Waals surface area contributed by atoms with Crippen molar-refractivity contribution >= 4 is 11.6 Å². The van der Waals surface area contributed by atoms with Crippen LogP contribution in [0.2, 0.25) is 0 Å². The van der Waals surface area contributed by atoms with Crippen LogP contribution in [-0.2, 0) is 9.59 Å². The second kappa shape index (κ2) is 4.54. The largest absolute Gasteiger partial charge is 0.389 e. The average molecular weight is 318 g/mol. The molecule has 3 saturated carbocycles. The highest BCUT2D eigenvalue weighted by Gasteiger charge is 2.67. The summed E-state index contributed by atoms with van der Waals surface area (Å²) < 4.78 is 0. The highest BCUT2D eigenvalue weighted by Crippen LogP contribution is 2.66. The minimum atomic E-state index is -0.909. The molecule has 0 unspecified atom stereocenters. The summed E-state index contributed by atoms with van der Waals surface area (Å²) in [5.74, 6) is 0.470. The smallest absolute Gasteiger partial charge is 0.155 e. The number of hydrogen-bond acceptors (Lipinski definition) is 4. The first-order valence-electron chi connectivity index (χ1n) is 8.91. The van der Waals surface area contributed by atoms with Crippen LogP contribution in [0.1, 0.15) is 58.8 Å².